The van der Waals surface area contributed by atoms with Gasteiger partial charge in [-0.25, -0.2) is 4.79 Å². The lowest BCUT2D eigenvalue weighted by Gasteiger charge is -2.27. The van der Waals surface area contributed by atoms with Crippen molar-refractivity contribution in [2.45, 2.75) is 33.4 Å². The van der Waals surface area contributed by atoms with Gasteiger partial charge in [0, 0.05) is 18.9 Å². The van der Waals surface area contributed by atoms with E-state index in [0.29, 0.717) is 31.3 Å². The van der Waals surface area contributed by atoms with Crippen LogP contribution in [-0.2, 0) is 27.4 Å². The summed E-state index contributed by atoms with van der Waals surface area (Å²) in [6.45, 7) is 5.60. The first-order chi connectivity index (χ1) is 16.2. The monoisotopic (exact) mass is 449 g/mol. The second-order valence-electron chi connectivity index (χ2n) is 7.26. The lowest BCUT2D eigenvalue weighted by atomic mass is 10.2. The van der Waals surface area contributed by atoms with Crippen molar-refractivity contribution in [1.29, 1.82) is 0 Å². The zero-order valence-electron chi connectivity index (χ0n) is 19.2. The molecule has 0 radical (unpaired) electrons. The molecular formula is C27H31NO5. The van der Waals surface area contributed by atoms with Gasteiger partial charge in [-0.2, -0.15) is 0 Å². The number of nitrogens with zero attached hydrogens (tertiary/aromatic N) is 1. The highest BCUT2D eigenvalue weighted by molar-refractivity contribution is 5.87. The van der Waals surface area contributed by atoms with Crippen molar-refractivity contribution in [2.75, 3.05) is 24.7 Å². The predicted molar refractivity (Wildman–Crippen MR) is 128 cm³/mol. The summed E-state index contributed by atoms with van der Waals surface area (Å²) in [6, 6.07) is 26.9. The Labute approximate surface area is 195 Å². The Morgan fingerprint density at radius 3 is 1.85 bits per heavy atom. The Morgan fingerprint density at radius 2 is 1.30 bits per heavy atom. The molecule has 3 aromatic carbocycles. The molecule has 3 aromatic rings. The molecule has 0 heterocycles. The Kier molecular flexibility index (Phi) is 9.76. The summed E-state index contributed by atoms with van der Waals surface area (Å²) in [5, 5.41) is 0. The number of benzene rings is 3. The number of ether oxygens (including phenoxy) is 4. The SMILES string of the molecule is CCOC(CN(C(=O)OCc1ccccc1)c1ccc(OCc2ccccc2)cc1)OCC. The lowest BCUT2D eigenvalue weighted by molar-refractivity contribution is -0.129. The van der Waals surface area contributed by atoms with Crippen molar-refractivity contribution in [3.63, 3.8) is 0 Å². The topological polar surface area (TPSA) is 57.2 Å². The first-order valence-corrected chi connectivity index (χ1v) is 11.2. The third-order valence-electron chi connectivity index (χ3n) is 4.86. The van der Waals surface area contributed by atoms with Gasteiger partial charge in [0.1, 0.15) is 19.0 Å². The minimum absolute atomic E-state index is 0.183. The highest BCUT2D eigenvalue weighted by Gasteiger charge is 2.23. The molecule has 0 aliphatic heterocycles. The van der Waals surface area contributed by atoms with Gasteiger partial charge in [-0.1, -0.05) is 60.7 Å². The number of carbonyl (C=O) groups excluding carboxylic acids is 1. The number of amides is 1. The second-order valence-corrected chi connectivity index (χ2v) is 7.26. The van der Waals surface area contributed by atoms with Crippen molar-refractivity contribution >= 4 is 11.8 Å². The van der Waals surface area contributed by atoms with E-state index in [-0.39, 0.29) is 13.2 Å². The number of carbonyl (C=O) groups is 1. The van der Waals surface area contributed by atoms with Crippen LogP contribution in [0.25, 0.3) is 0 Å². The van der Waals surface area contributed by atoms with Crippen LogP contribution >= 0.6 is 0 Å². The van der Waals surface area contributed by atoms with Crippen LogP contribution in [0.2, 0.25) is 0 Å². The van der Waals surface area contributed by atoms with Gasteiger partial charge in [-0.15, -0.1) is 0 Å². The van der Waals surface area contributed by atoms with E-state index in [0.717, 1.165) is 11.1 Å². The van der Waals surface area contributed by atoms with Gasteiger partial charge in [-0.3, -0.25) is 4.90 Å². The molecule has 0 spiro atoms. The fourth-order valence-electron chi connectivity index (χ4n) is 3.22. The second kappa shape index (κ2) is 13.3. The van der Waals surface area contributed by atoms with E-state index >= 15 is 0 Å². The molecule has 0 aromatic heterocycles. The average molecular weight is 450 g/mol. The maximum Gasteiger partial charge on any atom is 0.414 e. The van der Waals surface area contributed by atoms with Gasteiger partial charge in [0.15, 0.2) is 6.29 Å². The standard InChI is InChI=1S/C27H31NO5/c1-3-30-26(31-4-2)19-28(27(29)33-21-23-13-9-6-10-14-23)24-15-17-25(18-16-24)32-20-22-11-7-5-8-12-22/h5-18,26H,3-4,19-21H2,1-2H3. The number of rotatable bonds is 12. The largest absolute Gasteiger partial charge is 0.489 e. The summed E-state index contributed by atoms with van der Waals surface area (Å²) in [7, 11) is 0. The molecule has 0 aliphatic rings. The highest BCUT2D eigenvalue weighted by Crippen LogP contribution is 2.22. The molecule has 0 saturated heterocycles. The third kappa shape index (κ3) is 7.93. The Bertz CT molecular complexity index is 941. The summed E-state index contributed by atoms with van der Waals surface area (Å²) in [5.74, 6) is 0.714. The molecule has 0 fully saturated rings. The number of hydrogen-bond acceptors (Lipinski definition) is 5. The van der Waals surface area contributed by atoms with Gasteiger partial charge >= 0.3 is 6.09 Å². The van der Waals surface area contributed by atoms with Crippen molar-refractivity contribution in [1.82, 2.24) is 0 Å². The zero-order chi connectivity index (χ0) is 23.3. The highest BCUT2D eigenvalue weighted by atomic mass is 16.7. The van der Waals surface area contributed by atoms with Crippen LogP contribution in [0, 0.1) is 0 Å². The summed E-state index contributed by atoms with van der Waals surface area (Å²) in [5.41, 5.74) is 2.68. The van der Waals surface area contributed by atoms with Crippen LogP contribution in [0.15, 0.2) is 84.9 Å². The van der Waals surface area contributed by atoms with Crippen molar-refractivity contribution in [2.24, 2.45) is 0 Å². The Balaban J connectivity index is 1.70. The van der Waals surface area contributed by atoms with E-state index in [1.807, 2.05) is 98.8 Å². The molecule has 3 rings (SSSR count). The van der Waals surface area contributed by atoms with Crippen LogP contribution in [0.4, 0.5) is 10.5 Å². The summed E-state index contributed by atoms with van der Waals surface area (Å²) < 4.78 is 22.8. The summed E-state index contributed by atoms with van der Waals surface area (Å²) >= 11 is 0. The maximum absolute atomic E-state index is 13.0. The lowest BCUT2D eigenvalue weighted by Crippen LogP contribution is -2.40. The van der Waals surface area contributed by atoms with Crippen LogP contribution in [-0.4, -0.2) is 32.1 Å². The van der Waals surface area contributed by atoms with Crippen LogP contribution in [0.1, 0.15) is 25.0 Å². The molecule has 0 unspecified atom stereocenters. The molecule has 1 amide bonds. The van der Waals surface area contributed by atoms with E-state index < -0.39 is 12.4 Å². The maximum atomic E-state index is 13.0. The molecule has 0 atom stereocenters. The van der Waals surface area contributed by atoms with E-state index in [4.69, 9.17) is 18.9 Å². The predicted octanol–water partition coefficient (Wildman–Crippen LogP) is 5.81. The van der Waals surface area contributed by atoms with Crippen LogP contribution < -0.4 is 9.64 Å². The zero-order valence-corrected chi connectivity index (χ0v) is 19.2. The van der Waals surface area contributed by atoms with Crippen LogP contribution in [0.3, 0.4) is 0 Å². The van der Waals surface area contributed by atoms with Gasteiger partial charge in [0.05, 0.1) is 6.54 Å². The quantitative estimate of drug-likeness (QED) is 0.327. The molecule has 6 heteroatoms. The molecule has 0 aliphatic carbocycles. The van der Waals surface area contributed by atoms with Crippen LogP contribution in [0.5, 0.6) is 5.75 Å². The first-order valence-electron chi connectivity index (χ1n) is 11.2. The number of hydrogen-bond donors (Lipinski definition) is 0. The van der Waals surface area contributed by atoms with Crippen molar-refractivity contribution in [3.05, 3.63) is 96.1 Å². The van der Waals surface area contributed by atoms with Crippen molar-refractivity contribution < 1.29 is 23.7 Å². The van der Waals surface area contributed by atoms with Gasteiger partial charge in [0.2, 0.25) is 0 Å². The first kappa shape index (κ1) is 24.3. The molecule has 0 bridgehead atoms. The smallest absolute Gasteiger partial charge is 0.414 e. The van der Waals surface area contributed by atoms with E-state index in [1.165, 1.54) is 4.90 Å². The Morgan fingerprint density at radius 1 is 0.758 bits per heavy atom. The minimum atomic E-state index is -0.557. The minimum Gasteiger partial charge on any atom is -0.489 e. The summed E-state index contributed by atoms with van der Waals surface area (Å²) in [6.07, 6.45) is -1.03. The molecule has 33 heavy (non-hydrogen) atoms. The van der Waals surface area contributed by atoms with Crippen molar-refractivity contribution in [3.8, 4) is 5.75 Å². The molecule has 6 nitrogen and oxygen atoms in total. The third-order valence-corrected chi connectivity index (χ3v) is 4.86. The molecular weight excluding hydrogens is 418 g/mol. The fourth-order valence-corrected chi connectivity index (χ4v) is 3.22. The molecule has 174 valence electrons. The van der Waals surface area contributed by atoms with Gasteiger partial charge in [0.25, 0.3) is 0 Å². The number of anilines is 1. The fraction of sp³-hybridized carbons (Fsp3) is 0.296. The van der Waals surface area contributed by atoms with Gasteiger partial charge in [-0.05, 0) is 49.2 Å². The average Bonchev–Trinajstić information content (AvgIpc) is 2.86. The molecule has 0 saturated carbocycles. The van der Waals surface area contributed by atoms with Gasteiger partial charge < -0.3 is 18.9 Å². The normalized spacial score (nSPS) is 10.8. The van der Waals surface area contributed by atoms with E-state index in [1.54, 1.807) is 0 Å². The molecule has 0 N–H and O–H groups in total. The van der Waals surface area contributed by atoms with E-state index in [2.05, 4.69) is 0 Å². The van der Waals surface area contributed by atoms with E-state index in [9.17, 15) is 4.79 Å². The summed E-state index contributed by atoms with van der Waals surface area (Å²) in [4.78, 5) is 14.5. The Hall–Kier alpha value is -3.35.